The predicted octanol–water partition coefficient (Wildman–Crippen LogP) is 3.75. The lowest BCUT2D eigenvalue weighted by Crippen LogP contribution is -2.22. The quantitative estimate of drug-likeness (QED) is 0.743. The summed E-state index contributed by atoms with van der Waals surface area (Å²) in [4.78, 5) is 0. The Bertz CT molecular complexity index is 324. The number of rotatable bonds is 7. The normalized spacial score (nSPS) is 11.6. The number of unbranched alkanes of at least 4 members (excludes halogenated alkanes) is 1. The molecular weight excluding hydrogens is 222 g/mol. The summed E-state index contributed by atoms with van der Waals surface area (Å²) in [6.45, 7) is 11.6. The molecule has 1 N–H and O–H groups in total. The fourth-order valence-corrected chi connectivity index (χ4v) is 1.72. The summed E-state index contributed by atoms with van der Waals surface area (Å²) >= 11 is 0. The van der Waals surface area contributed by atoms with E-state index in [1.165, 1.54) is 18.4 Å². The smallest absolute Gasteiger partial charge is 0.119 e. The van der Waals surface area contributed by atoms with Crippen LogP contribution >= 0.6 is 0 Å². The Hall–Kier alpha value is -1.02. The highest BCUT2D eigenvalue weighted by atomic mass is 16.5. The Labute approximate surface area is 112 Å². The summed E-state index contributed by atoms with van der Waals surface area (Å²) < 4.78 is 5.69. The van der Waals surface area contributed by atoms with E-state index in [2.05, 4.69) is 57.3 Å². The number of benzene rings is 1. The van der Waals surface area contributed by atoms with Gasteiger partial charge in [0.05, 0.1) is 0 Å². The second-order valence-electron chi connectivity index (χ2n) is 5.73. The SMILES string of the molecule is CCCCNCCOc1ccc(C(C)(C)C)cc1. The van der Waals surface area contributed by atoms with Gasteiger partial charge in [0, 0.05) is 6.54 Å². The van der Waals surface area contributed by atoms with Gasteiger partial charge in [-0.1, -0.05) is 46.2 Å². The molecule has 0 atom stereocenters. The molecule has 0 spiro atoms. The van der Waals surface area contributed by atoms with Gasteiger partial charge in [-0.25, -0.2) is 0 Å². The number of hydrogen-bond acceptors (Lipinski definition) is 2. The van der Waals surface area contributed by atoms with E-state index in [4.69, 9.17) is 4.74 Å². The Kier molecular flexibility index (Phi) is 6.20. The Morgan fingerprint density at radius 3 is 2.28 bits per heavy atom. The Morgan fingerprint density at radius 1 is 1.06 bits per heavy atom. The van der Waals surface area contributed by atoms with Gasteiger partial charge in [-0.3, -0.25) is 0 Å². The molecule has 0 aliphatic rings. The maximum absolute atomic E-state index is 5.69. The average molecular weight is 249 g/mol. The topological polar surface area (TPSA) is 21.3 Å². The molecule has 0 aromatic heterocycles. The van der Waals surface area contributed by atoms with Crippen molar-refractivity contribution in [3.63, 3.8) is 0 Å². The molecule has 0 saturated carbocycles. The van der Waals surface area contributed by atoms with E-state index in [0.29, 0.717) is 0 Å². The monoisotopic (exact) mass is 249 g/mol. The minimum Gasteiger partial charge on any atom is -0.492 e. The van der Waals surface area contributed by atoms with Crippen LogP contribution in [-0.4, -0.2) is 19.7 Å². The van der Waals surface area contributed by atoms with Crippen LogP contribution in [0.25, 0.3) is 0 Å². The molecule has 0 amide bonds. The van der Waals surface area contributed by atoms with E-state index in [9.17, 15) is 0 Å². The number of ether oxygens (including phenoxy) is 1. The molecular formula is C16H27NO. The predicted molar refractivity (Wildman–Crippen MR) is 78.4 cm³/mol. The van der Waals surface area contributed by atoms with Gasteiger partial charge in [0.2, 0.25) is 0 Å². The fraction of sp³-hybridized carbons (Fsp3) is 0.625. The molecule has 2 nitrogen and oxygen atoms in total. The van der Waals surface area contributed by atoms with Crippen LogP contribution in [0.4, 0.5) is 0 Å². The van der Waals surface area contributed by atoms with Gasteiger partial charge in [0.25, 0.3) is 0 Å². The molecule has 1 aromatic rings. The molecule has 0 heterocycles. The van der Waals surface area contributed by atoms with Crippen molar-refractivity contribution in [2.45, 2.75) is 46.0 Å². The average Bonchev–Trinajstić information content (AvgIpc) is 2.33. The van der Waals surface area contributed by atoms with E-state index >= 15 is 0 Å². The van der Waals surface area contributed by atoms with Crippen molar-refractivity contribution < 1.29 is 4.74 Å². The van der Waals surface area contributed by atoms with Gasteiger partial charge < -0.3 is 10.1 Å². The van der Waals surface area contributed by atoms with Crippen molar-refractivity contribution in [2.75, 3.05) is 19.7 Å². The Morgan fingerprint density at radius 2 is 1.72 bits per heavy atom. The van der Waals surface area contributed by atoms with E-state index in [1.807, 2.05) is 0 Å². The summed E-state index contributed by atoms with van der Waals surface area (Å²) in [5.74, 6) is 0.959. The minimum absolute atomic E-state index is 0.209. The summed E-state index contributed by atoms with van der Waals surface area (Å²) in [7, 11) is 0. The molecule has 102 valence electrons. The highest BCUT2D eigenvalue weighted by Crippen LogP contribution is 2.24. The zero-order valence-electron chi connectivity index (χ0n) is 12.3. The van der Waals surface area contributed by atoms with Crippen LogP contribution in [0.15, 0.2) is 24.3 Å². The van der Waals surface area contributed by atoms with Crippen molar-refractivity contribution in [1.29, 1.82) is 0 Å². The van der Waals surface area contributed by atoms with E-state index in [-0.39, 0.29) is 5.41 Å². The molecule has 0 unspecified atom stereocenters. The second kappa shape index (κ2) is 7.42. The molecule has 0 radical (unpaired) electrons. The molecule has 0 saturated heterocycles. The minimum atomic E-state index is 0.209. The molecule has 0 bridgehead atoms. The van der Waals surface area contributed by atoms with Crippen molar-refractivity contribution in [3.05, 3.63) is 29.8 Å². The molecule has 0 aliphatic carbocycles. The molecule has 1 aromatic carbocycles. The molecule has 18 heavy (non-hydrogen) atoms. The number of hydrogen-bond donors (Lipinski definition) is 1. The largest absolute Gasteiger partial charge is 0.492 e. The zero-order chi connectivity index (χ0) is 13.4. The van der Waals surface area contributed by atoms with Crippen LogP contribution in [0, 0.1) is 0 Å². The van der Waals surface area contributed by atoms with Crippen LogP contribution in [0.5, 0.6) is 5.75 Å². The summed E-state index contributed by atoms with van der Waals surface area (Å²) in [5.41, 5.74) is 1.55. The first-order valence-electron chi connectivity index (χ1n) is 6.98. The summed E-state index contributed by atoms with van der Waals surface area (Å²) in [5, 5.41) is 3.37. The lowest BCUT2D eigenvalue weighted by Gasteiger charge is -2.19. The maximum Gasteiger partial charge on any atom is 0.119 e. The fourth-order valence-electron chi connectivity index (χ4n) is 1.72. The van der Waals surface area contributed by atoms with Crippen LogP contribution in [0.3, 0.4) is 0 Å². The zero-order valence-corrected chi connectivity index (χ0v) is 12.3. The van der Waals surface area contributed by atoms with Crippen LogP contribution < -0.4 is 10.1 Å². The third kappa shape index (κ3) is 5.54. The van der Waals surface area contributed by atoms with Gasteiger partial charge in [-0.15, -0.1) is 0 Å². The summed E-state index contributed by atoms with van der Waals surface area (Å²) in [6.07, 6.45) is 2.47. The standard InChI is InChI=1S/C16H27NO/c1-5-6-11-17-12-13-18-15-9-7-14(8-10-15)16(2,3)4/h7-10,17H,5-6,11-13H2,1-4H3. The van der Waals surface area contributed by atoms with Gasteiger partial charge in [0.15, 0.2) is 0 Å². The first-order chi connectivity index (χ1) is 8.54. The van der Waals surface area contributed by atoms with Crippen molar-refractivity contribution in [1.82, 2.24) is 5.32 Å². The van der Waals surface area contributed by atoms with E-state index in [1.54, 1.807) is 0 Å². The van der Waals surface area contributed by atoms with E-state index < -0.39 is 0 Å². The van der Waals surface area contributed by atoms with Crippen LogP contribution in [-0.2, 0) is 5.41 Å². The molecule has 0 aliphatic heterocycles. The third-order valence-corrected chi connectivity index (χ3v) is 2.98. The molecule has 2 heteroatoms. The first kappa shape index (κ1) is 15.0. The molecule has 1 rings (SSSR count). The first-order valence-corrected chi connectivity index (χ1v) is 6.98. The van der Waals surface area contributed by atoms with Gasteiger partial charge in [-0.2, -0.15) is 0 Å². The Balaban J connectivity index is 2.27. The highest BCUT2D eigenvalue weighted by molar-refractivity contribution is 5.31. The van der Waals surface area contributed by atoms with Crippen LogP contribution in [0.1, 0.15) is 46.1 Å². The van der Waals surface area contributed by atoms with Crippen molar-refractivity contribution in [3.8, 4) is 5.75 Å². The van der Waals surface area contributed by atoms with Crippen molar-refractivity contribution >= 4 is 0 Å². The molecule has 0 fully saturated rings. The van der Waals surface area contributed by atoms with Crippen LogP contribution in [0.2, 0.25) is 0 Å². The number of nitrogens with one attached hydrogen (secondary N) is 1. The van der Waals surface area contributed by atoms with E-state index in [0.717, 1.165) is 25.4 Å². The van der Waals surface area contributed by atoms with Gasteiger partial charge in [0.1, 0.15) is 12.4 Å². The third-order valence-electron chi connectivity index (χ3n) is 2.98. The second-order valence-corrected chi connectivity index (χ2v) is 5.73. The van der Waals surface area contributed by atoms with Gasteiger partial charge >= 0.3 is 0 Å². The van der Waals surface area contributed by atoms with Crippen molar-refractivity contribution in [2.24, 2.45) is 0 Å². The highest BCUT2D eigenvalue weighted by Gasteiger charge is 2.12. The lowest BCUT2D eigenvalue weighted by atomic mass is 9.87. The van der Waals surface area contributed by atoms with Gasteiger partial charge in [-0.05, 0) is 36.1 Å². The maximum atomic E-state index is 5.69. The summed E-state index contributed by atoms with van der Waals surface area (Å²) in [6, 6.07) is 8.43. The lowest BCUT2D eigenvalue weighted by molar-refractivity contribution is 0.313.